The van der Waals surface area contributed by atoms with Crippen molar-refractivity contribution in [3.8, 4) is 5.88 Å². The van der Waals surface area contributed by atoms with Crippen molar-refractivity contribution in [2.75, 3.05) is 43.0 Å². The Morgan fingerprint density at radius 3 is 2.42 bits per heavy atom. The zero-order valence-electron chi connectivity index (χ0n) is 21.2. The van der Waals surface area contributed by atoms with E-state index < -0.39 is 21.8 Å². The molecule has 0 atom stereocenters. The fourth-order valence-electron chi connectivity index (χ4n) is 4.38. The van der Waals surface area contributed by atoms with Gasteiger partial charge < -0.3 is 15.0 Å². The predicted octanol–water partition coefficient (Wildman–Crippen LogP) is 5.35. The minimum Gasteiger partial charge on any atom is -0.475 e. The molecule has 0 aliphatic carbocycles. The van der Waals surface area contributed by atoms with E-state index >= 15 is 0 Å². The molecule has 2 aromatic carbocycles. The molecule has 3 heterocycles. The van der Waals surface area contributed by atoms with Crippen molar-refractivity contribution in [1.29, 1.82) is 0 Å². The van der Waals surface area contributed by atoms with Crippen LogP contribution in [0.1, 0.15) is 12.5 Å². The molecule has 40 heavy (non-hydrogen) atoms. The summed E-state index contributed by atoms with van der Waals surface area (Å²) in [4.78, 5) is 14.6. The average Bonchev–Trinajstić information content (AvgIpc) is 2.93. The van der Waals surface area contributed by atoms with Gasteiger partial charge in [0.2, 0.25) is 10.0 Å². The van der Waals surface area contributed by atoms with Gasteiger partial charge in [-0.2, -0.15) is 22.5 Å². The molecule has 0 radical (unpaired) electrons. The Bertz CT molecular complexity index is 1630. The third-order valence-corrected chi connectivity index (χ3v) is 8.45. The van der Waals surface area contributed by atoms with E-state index in [0.29, 0.717) is 48.2 Å². The van der Waals surface area contributed by atoms with Crippen LogP contribution in [-0.2, 0) is 16.2 Å². The van der Waals surface area contributed by atoms with Crippen LogP contribution in [-0.4, -0.2) is 60.5 Å². The number of piperazine rings is 1. The van der Waals surface area contributed by atoms with Gasteiger partial charge in [-0.25, -0.2) is 13.4 Å². The van der Waals surface area contributed by atoms with Gasteiger partial charge >= 0.3 is 6.18 Å². The van der Waals surface area contributed by atoms with E-state index in [1.807, 2.05) is 11.8 Å². The van der Waals surface area contributed by atoms with Gasteiger partial charge in [-0.05, 0) is 49.4 Å². The van der Waals surface area contributed by atoms with E-state index in [-0.39, 0.29) is 28.7 Å². The lowest BCUT2D eigenvalue weighted by Crippen LogP contribution is -2.49. The van der Waals surface area contributed by atoms with Gasteiger partial charge in [-0.3, -0.25) is 4.98 Å². The maximum atomic E-state index is 13.3. The highest BCUT2D eigenvalue weighted by Crippen LogP contribution is 2.34. The second-order valence-corrected chi connectivity index (χ2v) is 11.2. The van der Waals surface area contributed by atoms with Crippen LogP contribution in [0, 0.1) is 0 Å². The summed E-state index contributed by atoms with van der Waals surface area (Å²) in [6.45, 7) is 3.46. The molecule has 0 saturated carbocycles. The molecule has 4 aromatic rings. The summed E-state index contributed by atoms with van der Waals surface area (Å²) < 4.78 is 72.8. The Hall–Kier alpha value is -3.68. The first-order valence-corrected chi connectivity index (χ1v) is 14.1. The number of nitrogens with one attached hydrogen (secondary N) is 1. The SMILES string of the molecule is CCOc1nc(Cl)cnc1N1CCN(S(=O)(=O)c2ccc(Nc3ccnc4cc(C(F)(F)F)ccc34)cc2)CC1. The fourth-order valence-corrected chi connectivity index (χ4v) is 5.93. The molecule has 2 aromatic heterocycles. The third-order valence-electron chi connectivity index (χ3n) is 6.35. The van der Waals surface area contributed by atoms with E-state index in [1.165, 1.54) is 34.9 Å². The van der Waals surface area contributed by atoms with Crippen LogP contribution in [0.4, 0.5) is 30.4 Å². The van der Waals surface area contributed by atoms with Crippen molar-refractivity contribution in [1.82, 2.24) is 19.3 Å². The first kappa shape index (κ1) is 27.9. The van der Waals surface area contributed by atoms with Gasteiger partial charge in [0.05, 0.1) is 28.8 Å². The van der Waals surface area contributed by atoms with Crippen LogP contribution in [0.15, 0.2) is 65.8 Å². The number of sulfonamides is 1. The quantitative estimate of drug-likeness (QED) is 0.307. The van der Waals surface area contributed by atoms with Crippen molar-refractivity contribution < 1.29 is 26.3 Å². The number of anilines is 3. The lowest BCUT2D eigenvalue weighted by molar-refractivity contribution is -0.137. The number of rotatable bonds is 7. The van der Waals surface area contributed by atoms with Gasteiger partial charge in [0.15, 0.2) is 11.0 Å². The molecule has 1 fully saturated rings. The molecule has 1 aliphatic heterocycles. The molecule has 0 spiro atoms. The molecule has 0 bridgehead atoms. The summed E-state index contributed by atoms with van der Waals surface area (Å²) >= 11 is 5.94. The van der Waals surface area contributed by atoms with Crippen LogP contribution >= 0.6 is 11.6 Å². The molecule has 1 aliphatic rings. The van der Waals surface area contributed by atoms with Gasteiger partial charge in [-0.1, -0.05) is 17.7 Å². The lowest BCUT2D eigenvalue weighted by atomic mass is 10.1. The molecular weight excluding hydrogens is 569 g/mol. The fraction of sp³-hybridized carbons (Fsp3) is 0.269. The zero-order valence-corrected chi connectivity index (χ0v) is 22.8. The molecule has 1 N–H and O–H groups in total. The smallest absolute Gasteiger partial charge is 0.416 e. The Morgan fingerprint density at radius 2 is 1.75 bits per heavy atom. The van der Waals surface area contributed by atoms with Crippen LogP contribution in [0.25, 0.3) is 10.9 Å². The summed E-state index contributed by atoms with van der Waals surface area (Å²) in [7, 11) is -3.76. The van der Waals surface area contributed by atoms with E-state index in [1.54, 1.807) is 18.2 Å². The Balaban J connectivity index is 1.28. The first-order valence-electron chi connectivity index (χ1n) is 12.3. The number of alkyl halides is 3. The molecule has 1 saturated heterocycles. The largest absolute Gasteiger partial charge is 0.475 e. The van der Waals surface area contributed by atoms with Crippen molar-refractivity contribution in [2.45, 2.75) is 18.0 Å². The third kappa shape index (κ3) is 5.76. The molecule has 9 nitrogen and oxygen atoms in total. The van der Waals surface area contributed by atoms with Crippen molar-refractivity contribution in [2.24, 2.45) is 0 Å². The molecule has 14 heteroatoms. The Labute approximate surface area is 233 Å². The molecule has 210 valence electrons. The van der Waals surface area contributed by atoms with Crippen molar-refractivity contribution in [3.05, 3.63) is 71.6 Å². The zero-order chi connectivity index (χ0) is 28.5. The van der Waals surface area contributed by atoms with Crippen LogP contribution in [0.5, 0.6) is 5.88 Å². The normalized spacial score (nSPS) is 14.9. The van der Waals surface area contributed by atoms with Crippen LogP contribution in [0.2, 0.25) is 5.15 Å². The summed E-state index contributed by atoms with van der Waals surface area (Å²) in [5, 5.41) is 3.85. The Kier molecular flexibility index (Phi) is 7.71. The van der Waals surface area contributed by atoms with E-state index in [2.05, 4.69) is 20.3 Å². The number of halogens is 4. The highest BCUT2D eigenvalue weighted by Gasteiger charge is 2.31. The number of hydrogen-bond donors (Lipinski definition) is 1. The number of hydrogen-bond acceptors (Lipinski definition) is 8. The van der Waals surface area contributed by atoms with Gasteiger partial charge in [-0.15, -0.1) is 0 Å². The molecule has 5 rings (SSSR count). The summed E-state index contributed by atoms with van der Waals surface area (Å²) in [6, 6.07) is 11.2. The van der Waals surface area contributed by atoms with Gasteiger partial charge in [0.1, 0.15) is 0 Å². The topological polar surface area (TPSA) is 101 Å². The van der Waals surface area contributed by atoms with Gasteiger partial charge in [0.25, 0.3) is 5.88 Å². The molecule has 0 unspecified atom stereocenters. The summed E-state index contributed by atoms with van der Waals surface area (Å²) in [5.41, 5.74) is 0.523. The molecule has 0 amide bonds. The number of benzene rings is 2. The molecular formula is C26H24ClF3N6O3S. The highest BCUT2D eigenvalue weighted by atomic mass is 35.5. The second kappa shape index (κ2) is 11.1. The number of pyridine rings is 1. The van der Waals surface area contributed by atoms with E-state index in [0.717, 1.165) is 12.1 Å². The number of ether oxygens (including phenoxy) is 1. The highest BCUT2D eigenvalue weighted by molar-refractivity contribution is 7.89. The maximum Gasteiger partial charge on any atom is 0.416 e. The van der Waals surface area contributed by atoms with E-state index in [4.69, 9.17) is 16.3 Å². The minimum absolute atomic E-state index is 0.127. The summed E-state index contributed by atoms with van der Waals surface area (Å²) in [5.74, 6) is 0.814. The maximum absolute atomic E-state index is 13.3. The second-order valence-electron chi connectivity index (χ2n) is 8.88. The average molecular weight is 593 g/mol. The van der Waals surface area contributed by atoms with Crippen molar-refractivity contribution in [3.63, 3.8) is 0 Å². The van der Waals surface area contributed by atoms with E-state index in [9.17, 15) is 21.6 Å². The van der Waals surface area contributed by atoms with Crippen LogP contribution < -0.4 is 15.0 Å². The monoisotopic (exact) mass is 592 g/mol. The standard InChI is InChI=1S/C26H24ClF3N6O3S/c1-2-39-25-24(32-16-23(27)34-25)35-11-13-36(14-12-35)40(37,38)19-6-4-18(5-7-19)33-21-9-10-31-22-15-17(26(28,29)30)3-8-20(21)22/h3-10,15-16H,2,11-14H2,1H3,(H,31,33). The number of nitrogens with zero attached hydrogens (tertiary/aromatic N) is 5. The van der Waals surface area contributed by atoms with Gasteiger partial charge in [0, 0.05) is 49.1 Å². The lowest BCUT2D eigenvalue weighted by Gasteiger charge is -2.34. The number of fused-ring (bicyclic) bond motifs is 1. The summed E-state index contributed by atoms with van der Waals surface area (Å²) in [6.07, 6.45) is -1.63. The first-order chi connectivity index (χ1) is 19.1. The Morgan fingerprint density at radius 1 is 1.02 bits per heavy atom. The van der Waals surface area contributed by atoms with Crippen molar-refractivity contribution >= 4 is 49.7 Å². The number of aromatic nitrogens is 3. The minimum atomic E-state index is -4.47. The predicted molar refractivity (Wildman–Crippen MR) is 146 cm³/mol. The van der Waals surface area contributed by atoms with Crippen LogP contribution in [0.3, 0.4) is 0 Å².